The second kappa shape index (κ2) is 4.00. The van der Waals surface area contributed by atoms with Crippen LogP contribution in [-0.4, -0.2) is 9.78 Å². The molecule has 16 heavy (non-hydrogen) atoms. The normalized spacial score (nSPS) is 10.7. The number of aryl methyl sites for hydroxylation is 2. The first-order valence-corrected chi connectivity index (χ1v) is 5.43. The van der Waals surface area contributed by atoms with E-state index < -0.39 is 0 Å². The third-order valence-electron chi connectivity index (χ3n) is 2.89. The molecule has 2 aromatic rings. The van der Waals surface area contributed by atoms with Crippen molar-refractivity contribution in [2.24, 2.45) is 0 Å². The average molecular weight is 215 g/mol. The van der Waals surface area contributed by atoms with Gasteiger partial charge in [0, 0.05) is 0 Å². The number of nitrogens with zero attached hydrogens (tertiary/aromatic N) is 2. The predicted molar refractivity (Wildman–Crippen MR) is 66.4 cm³/mol. The molecule has 1 aromatic heterocycles. The number of rotatable bonds is 2. The van der Waals surface area contributed by atoms with Crippen LogP contribution in [0.3, 0.4) is 0 Å². The quantitative estimate of drug-likeness (QED) is 0.836. The van der Waals surface area contributed by atoms with E-state index in [2.05, 4.69) is 36.3 Å². The van der Waals surface area contributed by atoms with Crippen molar-refractivity contribution in [1.29, 1.82) is 0 Å². The van der Waals surface area contributed by atoms with Crippen molar-refractivity contribution in [2.75, 3.05) is 5.73 Å². The Bertz CT molecular complexity index is 495. The van der Waals surface area contributed by atoms with Gasteiger partial charge in [0.1, 0.15) is 0 Å². The summed E-state index contributed by atoms with van der Waals surface area (Å²) in [6, 6.07) is 8.48. The lowest BCUT2D eigenvalue weighted by atomic mass is 10.1. The molecule has 0 aliphatic carbocycles. The Morgan fingerprint density at radius 1 is 1.12 bits per heavy atom. The van der Waals surface area contributed by atoms with Gasteiger partial charge >= 0.3 is 0 Å². The average Bonchev–Trinajstić information content (AvgIpc) is 2.50. The Labute approximate surface area is 95.9 Å². The number of hydrogen-bond acceptors (Lipinski definition) is 2. The smallest absolute Gasteiger partial charge is 0.0826 e. The highest BCUT2D eigenvalue weighted by Crippen LogP contribution is 2.16. The summed E-state index contributed by atoms with van der Waals surface area (Å²) < 4.78 is 1.95. The van der Waals surface area contributed by atoms with E-state index in [1.54, 1.807) is 0 Å². The first-order valence-electron chi connectivity index (χ1n) is 5.43. The maximum atomic E-state index is 5.90. The lowest BCUT2D eigenvalue weighted by molar-refractivity contribution is 0.659. The summed E-state index contributed by atoms with van der Waals surface area (Å²) in [4.78, 5) is 0. The van der Waals surface area contributed by atoms with Gasteiger partial charge in [0.25, 0.3) is 0 Å². The van der Waals surface area contributed by atoms with E-state index in [1.807, 2.05) is 18.5 Å². The van der Waals surface area contributed by atoms with Crippen LogP contribution in [0.2, 0.25) is 0 Å². The van der Waals surface area contributed by atoms with Gasteiger partial charge in [-0.3, -0.25) is 4.68 Å². The molecule has 2 rings (SSSR count). The van der Waals surface area contributed by atoms with E-state index in [0.717, 1.165) is 23.6 Å². The zero-order valence-electron chi connectivity index (χ0n) is 9.99. The van der Waals surface area contributed by atoms with Gasteiger partial charge < -0.3 is 5.73 Å². The zero-order valence-corrected chi connectivity index (χ0v) is 9.99. The van der Waals surface area contributed by atoms with E-state index in [4.69, 9.17) is 5.73 Å². The molecule has 0 radical (unpaired) electrons. The zero-order chi connectivity index (χ0) is 11.7. The summed E-state index contributed by atoms with van der Waals surface area (Å²) in [5.41, 5.74) is 11.2. The van der Waals surface area contributed by atoms with Crippen LogP contribution in [0.1, 0.15) is 22.5 Å². The molecule has 0 bridgehead atoms. The third kappa shape index (κ3) is 1.94. The molecule has 0 saturated carbocycles. The predicted octanol–water partition coefficient (Wildman–Crippen LogP) is 2.44. The fraction of sp³-hybridized carbons (Fsp3) is 0.308. The molecule has 0 aliphatic heterocycles. The van der Waals surface area contributed by atoms with Crippen molar-refractivity contribution < 1.29 is 0 Å². The number of anilines is 1. The molecular formula is C13H17N3. The molecule has 2 N–H and O–H groups in total. The minimum absolute atomic E-state index is 0.782. The van der Waals surface area contributed by atoms with Crippen molar-refractivity contribution in [1.82, 2.24) is 9.78 Å². The largest absolute Gasteiger partial charge is 0.396 e. The highest BCUT2D eigenvalue weighted by atomic mass is 15.3. The maximum absolute atomic E-state index is 5.90. The van der Waals surface area contributed by atoms with Crippen LogP contribution in [-0.2, 0) is 6.54 Å². The molecule has 3 nitrogen and oxygen atoms in total. The van der Waals surface area contributed by atoms with Gasteiger partial charge in [-0.1, -0.05) is 29.8 Å². The summed E-state index contributed by atoms with van der Waals surface area (Å²) in [5, 5.41) is 4.42. The fourth-order valence-corrected chi connectivity index (χ4v) is 1.73. The van der Waals surface area contributed by atoms with Gasteiger partial charge in [-0.05, 0) is 26.3 Å². The van der Waals surface area contributed by atoms with E-state index in [9.17, 15) is 0 Å². The molecule has 84 valence electrons. The Kier molecular flexibility index (Phi) is 2.69. The van der Waals surface area contributed by atoms with Gasteiger partial charge in [0.05, 0.1) is 23.6 Å². The van der Waals surface area contributed by atoms with Crippen molar-refractivity contribution >= 4 is 5.69 Å². The number of hydrogen-bond donors (Lipinski definition) is 1. The molecule has 0 atom stereocenters. The molecule has 0 amide bonds. The van der Waals surface area contributed by atoms with E-state index >= 15 is 0 Å². The van der Waals surface area contributed by atoms with E-state index in [0.29, 0.717) is 0 Å². The molecule has 0 saturated heterocycles. The van der Waals surface area contributed by atoms with E-state index in [-0.39, 0.29) is 0 Å². The minimum Gasteiger partial charge on any atom is -0.396 e. The molecule has 0 fully saturated rings. The van der Waals surface area contributed by atoms with Crippen molar-refractivity contribution in [3.8, 4) is 0 Å². The molecular weight excluding hydrogens is 198 g/mol. The molecule has 0 unspecified atom stereocenters. The van der Waals surface area contributed by atoms with Crippen molar-refractivity contribution in [3.05, 3.63) is 46.8 Å². The molecule has 0 spiro atoms. The van der Waals surface area contributed by atoms with Crippen molar-refractivity contribution in [3.63, 3.8) is 0 Å². The number of benzene rings is 1. The Morgan fingerprint density at radius 2 is 1.75 bits per heavy atom. The van der Waals surface area contributed by atoms with Gasteiger partial charge in [0.15, 0.2) is 0 Å². The second-order valence-electron chi connectivity index (χ2n) is 4.23. The summed E-state index contributed by atoms with van der Waals surface area (Å²) >= 11 is 0. The number of nitrogens with two attached hydrogens (primary N) is 1. The van der Waals surface area contributed by atoms with Gasteiger partial charge in [0.2, 0.25) is 0 Å². The van der Waals surface area contributed by atoms with Crippen LogP contribution in [0.15, 0.2) is 24.3 Å². The standard InChI is InChI=1S/C13H17N3/c1-9-4-6-12(7-5-9)8-16-11(3)13(14)10(2)15-16/h4-7H,8,14H2,1-3H3. The number of aromatic nitrogens is 2. The lowest BCUT2D eigenvalue weighted by Crippen LogP contribution is -2.04. The summed E-state index contributed by atoms with van der Waals surface area (Å²) in [7, 11) is 0. The second-order valence-corrected chi connectivity index (χ2v) is 4.23. The molecule has 1 heterocycles. The molecule has 0 aliphatic rings. The molecule has 1 aromatic carbocycles. The van der Waals surface area contributed by atoms with Crippen LogP contribution in [0, 0.1) is 20.8 Å². The first kappa shape index (κ1) is 10.7. The monoisotopic (exact) mass is 215 g/mol. The summed E-state index contributed by atoms with van der Waals surface area (Å²) in [6.07, 6.45) is 0. The van der Waals surface area contributed by atoms with Crippen molar-refractivity contribution in [2.45, 2.75) is 27.3 Å². The van der Waals surface area contributed by atoms with Crippen LogP contribution in [0.4, 0.5) is 5.69 Å². The van der Waals surface area contributed by atoms with Crippen LogP contribution >= 0.6 is 0 Å². The fourth-order valence-electron chi connectivity index (χ4n) is 1.73. The Balaban J connectivity index is 2.27. The van der Waals surface area contributed by atoms with Crippen LogP contribution in [0.5, 0.6) is 0 Å². The lowest BCUT2D eigenvalue weighted by Gasteiger charge is -2.05. The van der Waals surface area contributed by atoms with Crippen LogP contribution in [0.25, 0.3) is 0 Å². The maximum Gasteiger partial charge on any atom is 0.0826 e. The topological polar surface area (TPSA) is 43.8 Å². The Morgan fingerprint density at radius 3 is 2.25 bits per heavy atom. The van der Waals surface area contributed by atoms with E-state index in [1.165, 1.54) is 11.1 Å². The number of nitrogen functional groups attached to an aromatic ring is 1. The highest BCUT2D eigenvalue weighted by Gasteiger charge is 2.07. The van der Waals surface area contributed by atoms with Crippen LogP contribution < -0.4 is 5.73 Å². The Hall–Kier alpha value is -1.77. The van der Waals surface area contributed by atoms with Gasteiger partial charge in [-0.15, -0.1) is 0 Å². The van der Waals surface area contributed by atoms with Gasteiger partial charge in [-0.2, -0.15) is 5.10 Å². The SMILES string of the molecule is Cc1ccc(Cn2nc(C)c(N)c2C)cc1. The summed E-state index contributed by atoms with van der Waals surface area (Å²) in [5.74, 6) is 0. The minimum atomic E-state index is 0.782. The molecule has 3 heteroatoms. The summed E-state index contributed by atoms with van der Waals surface area (Å²) in [6.45, 7) is 6.81. The third-order valence-corrected chi connectivity index (χ3v) is 2.89. The highest BCUT2D eigenvalue weighted by molar-refractivity contribution is 5.47. The first-order chi connectivity index (χ1) is 7.58. The van der Waals surface area contributed by atoms with Gasteiger partial charge in [-0.25, -0.2) is 0 Å².